The quantitative estimate of drug-likeness (QED) is 0.624. The fraction of sp³-hybridized carbons (Fsp3) is 0.478. The smallest absolute Gasteiger partial charge is 0.184 e. The molecule has 2 aromatic carbocycles. The minimum absolute atomic E-state index is 0.0570. The molecule has 0 bridgehead atoms. The van der Waals surface area contributed by atoms with Crippen LogP contribution in [0, 0.1) is 5.41 Å². The number of benzene rings is 2. The summed E-state index contributed by atoms with van der Waals surface area (Å²) in [7, 11) is 1.69. The number of rotatable bonds is 4. The van der Waals surface area contributed by atoms with Gasteiger partial charge in [0.1, 0.15) is 5.75 Å². The van der Waals surface area contributed by atoms with Crippen molar-refractivity contribution in [2.75, 3.05) is 20.3 Å². The van der Waals surface area contributed by atoms with Crippen LogP contribution in [0.2, 0.25) is 0 Å². The molecule has 0 amide bonds. The number of hydrogen-bond donors (Lipinski definition) is 0. The molecule has 0 aromatic heterocycles. The Morgan fingerprint density at radius 2 is 1.63 bits per heavy atom. The third-order valence-electron chi connectivity index (χ3n) is 4.67. The zero-order valence-electron chi connectivity index (χ0n) is 17.2. The van der Waals surface area contributed by atoms with Gasteiger partial charge in [-0.1, -0.05) is 52.4 Å². The molecule has 0 saturated carbocycles. The summed E-state index contributed by atoms with van der Waals surface area (Å²) in [5.74, 6) is 0.865. The number of hydrogen-bond acceptors (Lipinski definition) is 4. The average Bonchev–Trinajstić information content (AvgIpc) is 2.62. The van der Waals surface area contributed by atoms with Crippen molar-refractivity contribution in [2.24, 2.45) is 5.41 Å². The van der Waals surface area contributed by atoms with Crippen LogP contribution >= 0.6 is 11.8 Å². The Labute approximate surface area is 167 Å². The van der Waals surface area contributed by atoms with Crippen LogP contribution in [-0.2, 0) is 14.9 Å². The molecule has 2 aromatic rings. The van der Waals surface area contributed by atoms with Gasteiger partial charge in [0.2, 0.25) is 0 Å². The van der Waals surface area contributed by atoms with E-state index in [1.165, 1.54) is 5.56 Å². The van der Waals surface area contributed by atoms with Crippen LogP contribution in [0.4, 0.5) is 0 Å². The summed E-state index contributed by atoms with van der Waals surface area (Å²) in [6, 6.07) is 14.8. The van der Waals surface area contributed by atoms with E-state index in [2.05, 4.69) is 65.0 Å². The Bertz CT molecular complexity index is 765. The molecule has 0 aliphatic carbocycles. The van der Waals surface area contributed by atoms with E-state index in [-0.39, 0.29) is 17.1 Å². The van der Waals surface area contributed by atoms with Gasteiger partial charge >= 0.3 is 0 Å². The first-order chi connectivity index (χ1) is 12.7. The Hall–Kier alpha value is -1.49. The molecule has 0 N–H and O–H groups in total. The van der Waals surface area contributed by atoms with Gasteiger partial charge in [-0.25, -0.2) is 0 Å². The minimum atomic E-state index is -0.318. The van der Waals surface area contributed by atoms with Crippen LogP contribution in [-0.4, -0.2) is 20.3 Å². The highest BCUT2D eigenvalue weighted by Crippen LogP contribution is 2.40. The normalized spacial score (nSPS) is 17.7. The second-order valence-corrected chi connectivity index (χ2v) is 10.0. The van der Waals surface area contributed by atoms with Crippen molar-refractivity contribution in [3.63, 3.8) is 0 Å². The molecule has 0 spiro atoms. The first-order valence-corrected chi connectivity index (χ1v) is 10.2. The highest BCUT2D eigenvalue weighted by molar-refractivity contribution is 7.99. The summed E-state index contributed by atoms with van der Waals surface area (Å²) in [6.07, 6.45) is -0.318. The molecule has 146 valence electrons. The molecule has 4 heteroatoms. The van der Waals surface area contributed by atoms with E-state index in [1.54, 1.807) is 18.9 Å². The summed E-state index contributed by atoms with van der Waals surface area (Å²) in [6.45, 7) is 12.4. The van der Waals surface area contributed by atoms with Crippen LogP contribution in [0.25, 0.3) is 0 Å². The van der Waals surface area contributed by atoms with Gasteiger partial charge in [-0.15, -0.1) is 0 Å². The summed E-state index contributed by atoms with van der Waals surface area (Å²) in [4.78, 5) is 2.33. The monoisotopic (exact) mass is 386 g/mol. The van der Waals surface area contributed by atoms with E-state index >= 15 is 0 Å². The SMILES string of the molecule is COc1ccc(Sc2ccc(C(C)(C)C)cc2C2OCC(C)(C)CO2)cc1. The van der Waals surface area contributed by atoms with Crippen molar-refractivity contribution in [2.45, 2.75) is 56.1 Å². The molecule has 1 aliphatic heterocycles. The number of methoxy groups -OCH3 is 1. The zero-order chi connectivity index (χ0) is 19.7. The highest BCUT2D eigenvalue weighted by atomic mass is 32.2. The van der Waals surface area contributed by atoms with E-state index in [9.17, 15) is 0 Å². The van der Waals surface area contributed by atoms with Crippen LogP contribution < -0.4 is 4.74 Å². The van der Waals surface area contributed by atoms with E-state index in [1.807, 2.05) is 12.1 Å². The van der Waals surface area contributed by atoms with Gasteiger partial charge < -0.3 is 14.2 Å². The van der Waals surface area contributed by atoms with E-state index in [0.29, 0.717) is 13.2 Å². The summed E-state index contributed by atoms with van der Waals surface area (Å²) < 4.78 is 17.5. The van der Waals surface area contributed by atoms with Crippen molar-refractivity contribution in [1.82, 2.24) is 0 Å². The lowest BCUT2D eigenvalue weighted by Gasteiger charge is -2.35. The maximum Gasteiger partial charge on any atom is 0.184 e. The van der Waals surface area contributed by atoms with Crippen molar-refractivity contribution in [1.29, 1.82) is 0 Å². The van der Waals surface area contributed by atoms with E-state index in [0.717, 1.165) is 21.1 Å². The van der Waals surface area contributed by atoms with Gasteiger partial charge in [-0.2, -0.15) is 0 Å². The second-order valence-electron chi connectivity index (χ2n) is 8.90. The molecule has 3 rings (SSSR count). The molecule has 27 heavy (non-hydrogen) atoms. The Kier molecular flexibility index (Phi) is 5.90. The first-order valence-electron chi connectivity index (χ1n) is 9.37. The van der Waals surface area contributed by atoms with Gasteiger partial charge in [0.25, 0.3) is 0 Å². The van der Waals surface area contributed by atoms with Crippen molar-refractivity contribution >= 4 is 11.8 Å². The topological polar surface area (TPSA) is 27.7 Å². The van der Waals surface area contributed by atoms with Gasteiger partial charge in [0.05, 0.1) is 20.3 Å². The van der Waals surface area contributed by atoms with Crippen LogP contribution in [0.3, 0.4) is 0 Å². The lowest BCUT2D eigenvalue weighted by molar-refractivity contribution is -0.227. The lowest BCUT2D eigenvalue weighted by Crippen LogP contribution is -2.34. The molecule has 0 unspecified atom stereocenters. The molecular formula is C23H30O3S. The van der Waals surface area contributed by atoms with E-state index in [4.69, 9.17) is 14.2 Å². The van der Waals surface area contributed by atoms with E-state index < -0.39 is 0 Å². The molecule has 0 radical (unpaired) electrons. The molecule has 3 nitrogen and oxygen atoms in total. The third-order valence-corrected chi connectivity index (χ3v) is 5.77. The van der Waals surface area contributed by atoms with Crippen molar-refractivity contribution < 1.29 is 14.2 Å². The predicted octanol–water partition coefficient (Wildman–Crippen LogP) is 6.22. The largest absolute Gasteiger partial charge is 0.497 e. The molecule has 0 atom stereocenters. The van der Waals surface area contributed by atoms with Gasteiger partial charge in [0, 0.05) is 20.8 Å². The molecule has 1 fully saturated rings. The van der Waals surface area contributed by atoms with Crippen molar-refractivity contribution in [3.8, 4) is 5.75 Å². The summed E-state index contributed by atoms with van der Waals surface area (Å²) in [5.41, 5.74) is 2.53. The Balaban J connectivity index is 1.92. The maximum absolute atomic E-state index is 6.11. The molecule has 1 saturated heterocycles. The summed E-state index contributed by atoms with van der Waals surface area (Å²) >= 11 is 1.73. The molecule has 1 heterocycles. The van der Waals surface area contributed by atoms with Crippen LogP contribution in [0.1, 0.15) is 52.0 Å². The van der Waals surface area contributed by atoms with Crippen LogP contribution in [0.15, 0.2) is 52.3 Å². The minimum Gasteiger partial charge on any atom is -0.497 e. The molecule has 1 aliphatic rings. The Morgan fingerprint density at radius 1 is 1.00 bits per heavy atom. The fourth-order valence-corrected chi connectivity index (χ4v) is 3.87. The van der Waals surface area contributed by atoms with Gasteiger partial charge in [0.15, 0.2) is 6.29 Å². The maximum atomic E-state index is 6.11. The fourth-order valence-electron chi connectivity index (χ4n) is 2.93. The zero-order valence-corrected chi connectivity index (χ0v) is 18.0. The van der Waals surface area contributed by atoms with Crippen molar-refractivity contribution in [3.05, 3.63) is 53.6 Å². The molecular weight excluding hydrogens is 356 g/mol. The van der Waals surface area contributed by atoms with Gasteiger partial charge in [-0.05, 0) is 47.4 Å². The Morgan fingerprint density at radius 3 is 2.19 bits per heavy atom. The highest BCUT2D eigenvalue weighted by Gasteiger charge is 2.31. The average molecular weight is 387 g/mol. The standard InChI is InChI=1S/C23H30O3S/c1-22(2,3)16-7-12-20(27-18-10-8-17(24-6)9-11-18)19(13-16)21-25-14-23(4,5)15-26-21/h7-13,21H,14-15H2,1-6H3. The first kappa shape index (κ1) is 20.2. The lowest BCUT2D eigenvalue weighted by atomic mass is 9.86. The summed E-state index contributed by atoms with van der Waals surface area (Å²) in [5, 5.41) is 0. The predicted molar refractivity (Wildman–Crippen MR) is 111 cm³/mol. The van der Waals surface area contributed by atoms with Crippen LogP contribution in [0.5, 0.6) is 5.75 Å². The van der Waals surface area contributed by atoms with Gasteiger partial charge in [-0.3, -0.25) is 0 Å². The second kappa shape index (κ2) is 7.86. The third kappa shape index (κ3) is 5.07. The number of ether oxygens (including phenoxy) is 3.